The molecule has 2 aromatic carbocycles. The molecule has 1 N–H and O–H groups in total. The molecule has 31 heavy (non-hydrogen) atoms. The lowest BCUT2D eigenvalue weighted by atomic mass is 9.94. The highest BCUT2D eigenvalue weighted by Crippen LogP contribution is 2.34. The largest absolute Gasteiger partial charge is 0.598 e. The number of hydrogen-bond acceptors (Lipinski definition) is 4. The Balaban J connectivity index is 1.82. The SMILES string of the molecule is Cn1nc(-c2ccccc2C(Cc2ccccn2)N[S+]([O-])C(C)(C)C)c2ccccc21. The normalized spacial score (nSPS) is 14.0. The van der Waals surface area contributed by atoms with Gasteiger partial charge in [0.2, 0.25) is 0 Å². The lowest BCUT2D eigenvalue weighted by molar-refractivity contribution is 0.521. The van der Waals surface area contributed by atoms with Crippen molar-refractivity contribution in [2.24, 2.45) is 7.05 Å². The summed E-state index contributed by atoms with van der Waals surface area (Å²) in [7, 11) is 1.97. The Hall–Kier alpha value is -2.67. The van der Waals surface area contributed by atoms with Crippen LogP contribution in [0.2, 0.25) is 0 Å². The van der Waals surface area contributed by atoms with Crippen molar-refractivity contribution in [1.29, 1.82) is 0 Å². The van der Waals surface area contributed by atoms with Gasteiger partial charge < -0.3 is 4.55 Å². The number of hydrogen-bond donors (Lipinski definition) is 1. The third-order valence-corrected chi connectivity index (χ3v) is 6.90. The molecule has 0 fully saturated rings. The smallest absolute Gasteiger partial charge is 0.136 e. The first kappa shape index (κ1) is 21.6. The molecule has 4 rings (SSSR count). The topological polar surface area (TPSA) is 65.8 Å². The summed E-state index contributed by atoms with van der Waals surface area (Å²) in [5.41, 5.74) is 5.07. The Kier molecular flexibility index (Phi) is 6.14. The zero-order chi connectivity index (χ0) is 22.0. The Morgan fingerprint density at radius 2 is 1.71 bits per heavy atom. The van der Waals surface area contributed by atoms with Gasteiger partial charge in [0.05, 0.1) is 11.6 Å². The first-order valence-corrected chi connectivity index (χ1v) is 11.6. The van der Waals surface area contributed by atoms with Crippen molar-refractivity contribution in [3.8, 4) is 11.3 Å². The number of aromatic nitrogens is 3. The molecule has 5 nitrogen and oxygen atoms in total. The van der Waals surface area contributed by atoms with Crippen LogP contribution in [0.15, 0.2) is 72.9 Å². The van der Waals surface area contributed by atoms with E-state index in [4.69, 9.17) is 5.10 Å². The number of para-hydroxylation sites is 1. The van der Waals surface area contributed by atoms with Gasteiger partial charge in [0.25, 0.3) is 0 Å². The lowest BCUT2D eigenvalue weighted by Gasteiger charge is -2.29. The van der Waals surface area contributed by atoms with Crippen LogP contribution in [0.25, 0.3) is 22.2 Å². The molecule has 160 valence electrons. The van der Waals surface area contributed by atoms with Gasteiger partial charge in [-0.05, 0) is 44.5 Å². The third kappa shape index (κ3) is 4.66. The van der Waals surface area contributed by atoms with E-state index in [1.54, 1.807) is 6.20 Å². The number of benzene rings is 2. The number of fused-ring (bicyclic) bond motifs is 1. The van der Waals surface area contributed by atoms with Crippen molar-refractivity contribution >= 4 is 22.3 Å². The molecule has 0 saturated carbocycles. The molecule has 0 aliphatic heterocycles. The average Bonchev–Trinajstić information content (AvgIpc) is 3.10. The summed E-state index contributed by atoms with van der Waals surface area (Å²) < 4.78 is 18.0. The summed E-state index contributed by atoms with van der Waals surface area (Å²) in [6.07, 6.45) is 2.43. The minimum absolute atomic E-state index is 0.174. The van der Waals surface area contributed by atoms with Crippen molar-refractivity contribution in [1.82, 2.24) is 19.5 Å². The molecular weight excluding hydrogens is 404 g/mol. The maximum atomic E-state index is 13.1. The Bertz CT molecular complexity index is 1170. The van der Waals surface area contributed by atoms with E-state index in [1.165, 1.54) is 0 Å². The maximum absolute atomic E-state index is 13.1. The van der Waals surface area contributed by atoms with E-state index in [1.807, 2.05) is 75.0 Å². The average molecular weight is 433 g/mol. The monoisotopic (exact) mass is 432 g/mol. The second kappa shape index (κ2) is 8.83. The highest BCUT2D eigenvalue weighted by atomic mass is 32.2. The minimum atomic E-state index is -1.23. The molecule has 0 aliphatic carbocycles. The fraction of sp³-hybridized carbons (Fsp3) is 0.280. The predicted molar refractivity (Wildman–Crippen MR) is 128 cm³/mol. The second-order valence-electron chi connectivity index (χ2n) is 8.65. The molecule has 6 heteroatoms. The van der Waals surface area contributed by atoms with Crippen molar-refractivity contribution in [3.05, 3.63) is 84.2 Å². The van der Waals surface area contributed by atoms with Crippen LogP contribution in [-0.4, -0.2) is 24.1 Å². The molecule has 0 radical (unpaired) electrons. The highest BCUT2D eigenvalue weighted by molar-refractivity contribution is 7.90. The van der Waals surface area contributed by atoms with E-state index in [2.05, 4.69) is 34.0 Å². The van der Waals surface area contributed by atoms with Crippen molar-refractivity contribution in [2.45, 2.75) is 38.0 Å². The summed E-state index contributed by atoms with van der Waals surface area (Å²) in [6, 6.07) is 22.2. The van der Waals surface area contributed by atoms with Crippen LogP contribution in [0.1, 0.15) is 38.1 Å². The third-order valence-electron chi connectivity index (χ3n) is 5.29. The first-order valence-electron chi connectivity index (χ1n) is 10.4. The molecule has 0 bridgehead atoms. The van der Waals surface area contributed by atoms with Gasteiger partial charge in [-0.2, -0.15) is 5.10 Å². The van der Waals surface area contributed by atoms with Crippen molar-refractivity contribution in [3.63, 3.8) is 0 Å². The number of pyridine rings is 1. The molecule has 0 saturated heterocycles. The van der Waals surface area contributed by atoms with Gasteiger partial charge in [-0.15, -0.1) is 4.72 Å². The Morgan fingerprint density at radius 3 is 2.45 bits per heavy atom. The second-order valence-corrected chi connectivity index (χ2v) is 10.7. The van der Waals surface area contributed by atoms with Gasteiger partial charge in [0.15, 0.2) is 0 Å². The highest BCUT2D eigenvalue weighted by Gasteiger charge is 2.31. The fourth-order valence-electron chi connectivity index (χ4n) is 3.68. The van der Waals surface area contributed by atoms with Gasteiger partial charge in [-0.25, -0.2) is 0 Å². The zero-order valence-corrected chi connectivity index (χ0v) is 19.2. The standard InChI is InChI=1S/C25H28N4OS/c1-25(2,3)31(30)28-22(17-18-11-9-10-16-26-18)19-12-5-6-13-20(19)24-21-14-7-8-15-23(21)29(4)27-24/h5-16,22,28H,17H2,1-4H3. The van der Waals surface area contributed by atoms with Crippen LogP contribution in [-0.2, 0) is 24.8 Å². The zero-order valence-electron chi connectivity index (χ0n) is 18.4. The first-order chi connectivity index (χ1) is 14.8. The molecule has 2 atom stereocenters. The van der Waals surface area contributed by atoms with Crippen LogP contribution >= 0.6 is 0 Å². The van der Waals surface area contributed by atoms with Gasteiger partial charge in [0.1, 0.15) is 10.4 Å². The van der Waals surface area contributed by atoms with E-state index in [9.17, 15) is 4.55 Å². The maximum Gasteiger partial charge on any atom is 0.136 e. The summed E-state index contributed by atoms with van der Waals surface area (Å²) in [6.45, 7) is 5.93. The van der Waals surface area contributed by atoms with E-state index in [0.29, 0.717) is 6.42 Å². The summed E-state index contributed by atoms with van der Waals surface area (Å²) >= 11 is -1.23. The quantitative estimate of drug-likeness (QED) is 0.437. The molecule has 2 heterocycles. The van der Waals surface area contributed by atoms with Crippen molar-refractivity contribution < 1.29 is 4.55 Å². The van der Waals surface area contributed by atoms with Gasteiger partial charge >= 0.3 is 0 Å². The molecule has 2 unspecified atom stereocenters. The van der Waals surface area contributed by atoms with Gasteiger partial charge in [-0.3, -0.25) is 9.67 Å². The molecule has 0 aliphatic rings. The molecule has 2 aromatic heterocycles. The molecular formula is C25H28N4OS. The Labute approximate surface area is 186 Å². The predicted octanol–water partition coefficient (Wildman–Crippen LogP) is 4.97. The van der Waals surface area contributed by atoms with E-state index >= 15 is 0 Å². The summed E-state index contributed by atoms with van der Waals surface area (Å²) in [5, 5.41) is 5.94. The van der Waals surface area contributed by atoms with Crippen LogP contribution in [0.5, 0.6) is 0 Å². The van der Waals surface area contributed by atoms with Crippen LogP contribution in [0, 0.1) is 0 Å². The number of aryl methyl sites for hydroxylation is 1. The fourth-order valence-corrected chi connectivity index (χ4v) is 4.50. The van der Waals surface area contributed by atoms with E-state index in [0.717, 1.165) is 33.4 Å². The molecule has 4 aromatic rings. The van der Waals surface area contributed by atoms with Crippen molar-refractivity contribution in [2.75, 3.05) is 0 Å². The van der Waals surface area contributed by atoms with Crippen LogP contribution in [0.3, 0.4) is 0 Å². The molecule has 0 amide bonds. The van der Waals surface area contributed by atoms with E-state index in [-0.39, 0.29) is 10.8 Å². The van der Waals surface area contributed by atoms with E-state index < -0.39 is 11.4 Å². The molecule has 0 spiro atoms. The van der Waals surface area contributed by atoms with Gasteiger partial charge in [0, 0.05) is 47.7 Å². The number of nitrogens with one attached hydrogen (secondary N) is 1. The Morgan fingerprint density at radius 1 is 1.00 bits per heavy atom. The summed E-state index contributed by atoms with van der Waals surface area (Å²) in [4.78, 5) is 4.51. The summed E-state index contributed by atoms with van der Waals surface area (Å²) in [5.74, 6) is 0. The minimum Gasteiger partial charge on any atom is -0.598 e. The van der Waals surface area contributed by atoms with Crippen LogP contribution < -0.4 is 4.72 Å². The lowest BCUT2D eigenvalue weighted by Crippen LogP contribution is -2.42. The van der Waals surface area contributed by atoms with Gasteiger partial charge in [-0.1, -0.05) is 48.5 Å². The van der Waals surface area contributed by atoms with Crippen LogP contribution in [0.4, 0.5) is 0 Å². The number of nitrogens with zero attached hydrogens (tertiary/aromatic N) is 3. The number of rotatable bonds is 6.